The van der Waals surface area contributed by atoms with Gasteiger partial charge in [0.25, 0.3) is 0 Å². The summed E-state index contributed by atoms with van der Waals surface area (Å²) >= 11 is 0. The van der Waals surface area contributed by atoms with Gasteiger partial charge in [-0.25, -0.2) is 13.6 Å². The van der Waals surface area contributed by atoms with Crippen molar-refractivity contribution in [2.24, 2.45) is 0 Å². The number of carboxylic acid groups (broad SMARTS) is 1. The first-order valence-electron chi connectivity index (χ1n) is 8.29. The standard InChI is InChI=1S/C17H16F3N3O3/c18-10-7-9-11(8-12(10)22-5-3-21-4-6-22)23(17(20)1-2-17)15(19)13(14(9)24)16(25)26/h7-8,21H,1-6H2,(H,25,26). The fraction of sp³-hybridized carbons (Fsp3) is 0.412. The lowest BCUT2D eigenvalue weighted by molar-refractivity contribution is 0.0685. The molecule has 2 heterocycles. The third kappa shape index (κ3) is 2.45. The third-order valence-corrected chi connectivity index (χ3v) is 4.92. The molecular formula is C17H16F3N3O3. The second-order valence-electron chi connectivity index (χ2n) is 6.61. The van der Waals surface area contributed by atoms with Gasteiger partial charge in [-0.2, -0.15) is 4.39 Å². The molecule has 0 atom stereocenters. The van der Waals surface area contributed by atoms with Crippen LogP contribution in [0.4, 0.5) is 18.9 Å². The molecule has 1 aliphatic carbocycles. The molecule has 0 bridgehead atoms. The molecule has 1 aromatic carbocycles. The van der Waals surface area contributed by atoms with Crippen molar-refractivity contribution in [2.75, 3.05) is 31.1 Å². The van der Waals surface area contributed by atoms with Gasteiger partial charge < -0.3 is 15.3 Å². The van der Waals surface area contributed by atoms with Crippen LogP contribution in [0.25, 0.3) is 10.9 Å². The molecule has 2 N–H and O–H groups in total. The first-order chi connectivity index (χ1) is 12.3. The molecule has 1 saturated heterocycles. The summed E-state index contributed by atoms with van der Waals surface area (Å²) in [5.74, 6) is -6.07. The highest BCUT2D eigenvalue weighted by Gasteiger charge is 2.48. The number of carboxylic acids is 1. The summed E-state index contributed by atoms with van der Waals surface area (Å²) in [5.41, 5.74) is -2.32. The van der Waals surface area contributed by atoms with Gasteiger partial charge in [0.05, 0.1) is 11.2 Å². The molecule has 4 rings (SSSR count). The molecule has 0 unspecified atom stereocenters. The van der Waals surface area contributed by atoms with E-state index in [-0.39, 0.29) is 29.4 Å². The number of anilines is 1. The van der Waals surface area contributed by atoms with E-state index < -0.39 is 34.5 Å². The zero-order valence-electron chi connectivity index (χ0n) is 13.7. The van der Waals surface area contributed by atoms with E-state index in [0.717, 1.165) is 6.07 Å². The number of aromatic nitrogens is 1. The fourth-order valence-electron chi connectivity index (χ4n) is 3.42. The molecule has 1 saturated carbocycles. The van der Waals surface area contributed by atoms with Crippen LogP contribution in [0.2, 0.25) is 0 Å². The van der Waals surface area contributed by atoms with Crippen molar-refractivity contribution in [1.82, 2.24) is 9.88 Å². The first kappa shape index (κ1) is 16.9. The van der Waals surface area contributed by atoms with Crippen LogP contribution in [-0.4, -0.2) is 41.8 Å². The average Bonchev–Trinajstić information content (AvgIpc) is 3.34. The number of pyridine rings is 1. The Balaban J connectivity index is 2.04. The number of hydrogen-bond donors (Lipinski definition) is 2. The Morgan fingerprint density at radius 1 is 1.19 bits per heavy atom. The minimum Gasteiger partial charge on any atom is -0.477 e. The van der Waals surface area contributed by atoms with E-state index in [1.807, 2.05) is 0 Å². The lowest BCUT2D eigenvalue weighted by atomic mass is 10.1. The lowest BCUT2D eigenvalue weighted by Gasteiger charge is -2.30. The fourth-order valence-corrected chi connectivity index (χ4v) is 3.42. The van der Waals surface area contributed by atoms with E-state index >= 15 is 0 Å². The van der Waals surface area contributed by atoms with Crippen LogP contribution in [0.1, 0.15) is 23.2 Å². The predicted molar refractivity (Wildman–Crippen MR) is 88.5 cm³/mol. The van der Waals surface area contributed by atoms with Gasteiger partial charge in [0, 0.05) is 44.4 Å². The highest BCUT2D eigenvalue weighted by atomic mass is 19.2. The van der Waals surface area contributed by atoms with Gasteiger partial charge in [0.1, 0.15) is 5.82 Å². The van der Waals surface area contributed by atoms with Crippen molar-refractivity contribution in [3.05, 3.63) is 39.7 Å². The first-order valence-corrected chi connectivity index (χ1v) is 8.29. The molecular weight excluding hydrogens is 351 g/mol. The molecule has 0 amide bonds. The number of hydrogen-bond acceptors (Lipinski definition) is 4. The molecule has 1 aromatic heterocycles. The highest BCUT2D eigenvalue weighted by molar-refractivity contribution is 5.94. The molecule has 2 aromatic rings. The van der Waals surface area contributed by atoms with E-state index in [0.29, 0.717) is 30.7 Å². The summed E-state index contributed by atoms with van der Waals surface area (Å²) in [7, 11) is 0. The summed E-state index contributed by atoms with van der Waals surface area (Å²) < 4.78 is 44.7. The highest BCUT2D eigenvalue weighted by Crippen LogP contribution is 2.47. The normalized spacial score (nSPS) is 19.0. The van der Waals surface area contributed by atoms with Gasteiger partial charge in [-0.1, -0.05) is 0 Å². The number of halogens is 3. The topological polar surface area (TPSA) is 74.6 Å². The van der Waals surface area contributed by atoms with Crippen molar-refractivity contribution >= 4 is 22.6 Å². The number of nitrogens with zero attached hydrogens (tertiary/aromatic N) is 2. The van der Waals surface area contributed by atoms with Gasteiger partial charge in [-0.05, 0) is 12.1 Å². The molecule has 2 aliphatic rings. The van der Waals surface area contributed by atoms with Crippen LogP contribution < -0.4 is 15.6 Å². The van der Waals surface area contributed by atoms with Crippen LogP contribution >= 0.6 is 0 Å². The van der Waals surface area contributed by atoms with Crippen LogP contribution in [0.3, 0.4) is 0 Å². The summed E-state index contributed by atoms with van der Waals surface area (Å²) in [6.07, 6.45) is 0.00257. The van der Waals surface area contributed by atoms with E-state index in [9.17, 15) is 22.8 Å². The van der Waals surface area contributed by atoms with Crippen molar-refractivity contribution in [1.29, 1.82) is 0 Å². The number of fused-ring (bicyclic) bond motifs is 1. The van der Waals surface area contributed by atoms with Crippen molar-refractivity contribution < 1.29 is 23.1 Å². The number of piperazine rings is 1. The van der Waals surface area contributed by atoms with Crippen molar-refractivity contribution in [2.45, 2.75) is 18.6 Å². The van der Waals surface area contributed by atoms with Crippen LogP contribution in [0.5, 0.6) is 0 Å². The molecule has 26 heavy (non-hydrogen) atoms. The van der Waals surface area contributed by atoms with Crippen LogP contribution in [0, 0.1) is 11.8 Å². The van der Waals surface area contributed by atoms with Gasteiger partial charge in [0.2, 0.25) is 11.4 Å². The molecule has 138 valence electrons. The molecule has 6 nitrogen and oxygen atoms in total. The summed E-state index contributed by atoms with van der Waals surface area (Å²) in [6, 6.07) is 2.12. The monoisotopic (exact) mass is 367 g/mol. The SMILES string of the molecule is O=C(O)c1c(F)n(C2(F)CC2)c2cc(N3CCNCC3)c(F)cc2c1=O. The lowest BCUT2D eigenvalue weighted by Crippen LogP contribution is -2.44. The number of alkyl halides is 1. The van der Waals surface area contributed by atoms with Crippen LogP contribution in [0.15, 0.2) is 16.9 Å². The maximum absolute atomic E-state index is 14.8. The van der Waals surface area contributed by atoms with Crippen LogP contribution in [-0.2, 0) is 5.79 Å². The Kier molecular flexibility index (Phi) is 3.72. The third-order valence-electron chi connectivity index (χ3n) is 4.92. The van der Waals surface area contributed by atoms with Crippen molar-refractivity contribution in [3.8, 4) is 0 Å². The molecule has 1 aliphatic heterocycles. The quantitative estimate of drug-likeness (QED) is 0.810. The summed E-state index contributed by atoms with van der Waals surface area (Å²) in [6.45, 7) is 2.26. The van der Waals surface area contributed by atoms with E-state index in [2.05, 4.69) is 5.32 Å². The van der Waals surface area contributed by atoms with Gasteiger partial charge in [-0.15, -0.1) is 0 Å². The number of nitrogens with one attached hydrogen (secondary N) is 1. The number of carbonyl (C=O) groups is 1. The second kappa shape index (κ2) is 5.73. The van der Waals surface area contributed by atoms with Gasteiger partial charge in [-0.3, -0.25) is 9.36 Å². The minimum atomic E-state index is -2.10. The Labute approximate surface area is 145 Å². The molecule has 9 heteroatoms. The van der Waals surface area contributed by atoms with Gasteiger partial charge >= 0.3 is 5.97 Å². The molecule has 2 fully saturated rings. The van der Waals surface area contributed by atoms with E-state index in [1.165, 1.54) is 6.07 Å². The Hall–Kier alpha value is -2.55. The largest absolute Gasteiger partial charge is 0.477 e. The molecule has 0 spiro atoms. The van der Waals surface area contributed by atoms with Gasteiger partial charge in [0.15, 0.2) is 11.4 Å². The number of benzene rings is 1. The zero-order valence-corrected chi connectivity index (χ0v) is 13.7. The molecule has 0 radical (unpaired) electrons. The van der Waals surface area contributed by atoms with E-state index in [1.54, 1.807) is 4.90 Å². The maximum atomic E-state index is 14.8. The minimum absolute atomic E-state index is 0.00128. The Bertz CT molecular complexity index is 979. The summed E-state index contributed by atoms with van der Waals surface area (Å²) in [4.78, 5) is 25.4. The Morgan fingerprint density at radius 3 is 2.42 bits per heavy atom. The Morgan fingerprint density at radius 2 is 1.85 bits per heavy atom. The number of rotatable bonds is 3. The zero-order chi connectivity index (χ0) is 18.6. The van der Waals surface area contributed by atoms with Crippen molar-refractivity contribution in [3.63, 3.8) is 0 Å². The number of aromatic carboxylic acids is 1. The smallest absolute Gasteiger partial charge is 0.344 e. The predicted octanol–water partition coefficient (Wildman–Crippen LogP) is 1.80. The maximum Gasteiger partial charge on any atom is 0.344 e. The van der Waals surface area contributed by atoms with E-state index in [4.69, 9.17) is 5.11 Å². The average molecular weight is 367 g/mol. The second-order valence-corrected chi connectivity index (χ2v) is 6.61. The summed E-state index contributed by atoms with van der Waals surface area (Å²) in [5, 5.41) is 11.9.